The third kappa shape index (κ3) is 2.68. The van der Waals surface area contributed by atoms with Crippen LogP contribution in [0.2, 0.25) is 5.02 Å². The van der Waals surface area contributed by atoms with E-state index in [1.807, 2.05) is 18.2 Å². The number of hydrogen-bond acceptors (Lipinski definition) is 2. The minimum Gasteiger partial charge on any atom is -0.271 e. The molecule has 0 saturated carbocycles. The van der Waals surface area contributed by atoms with Crippen molar-refractivity contribution in [3.05, 3.63) is 33.3 Å². The van der Waals surface area contributed by atoms with Crippen molar-refractivity contribution in [1.29, 1.82) is 0 Å². The summed E-state index contributed by atoms with van der Waals surface area (Å²) in [6, 6.07) is 5.84. The van der Waals surface area contributed by atoms with Gasteiger partial charge in [0, 0.05) is 15.5 Å². The Morgan fingerprint density at radius 3 is 2.85 bits per heavy atom. The first kappa shape index (κ1) is 11.0. The first-order valence-electron chi connectivity index (χ1n) is 4.10. The van der Waals surface area contributed by atoms with Crippen LogP contribution in [-0.4, -0.2) is 0 Å². The third-order valence-electron chi connectivity index (χ3n) is 1.94. The number of rotatable bonds is 3. The molecule has 1 aromatic carbocycles. The second-order valence-corrected chi connectivity index (χ2v) is 4.08. The molecular weight excluding hydrogens is 251 g/mol. The SMILES string of the molecule is CCC(NN)c1cc(Cl)ccc1Br. The van der Waals surface area contributed by atoms with Crippen molar-refractivity contribution in [3.63, 3.8) is 0 Å². The summed E-state index contributed by atoms with van der Waals surface area (Å²) in [6.07, 6.45) is 0.926. The summed E-state index contributed by atoms with van der Waals surface area (Å²) in [5.41, 5.74) is 3.84. The van der Waals surface area contributed by atoms with Gasteiger partial charge in [-0.25, -0.2) is 0 Å². The van der Waals surface area contributed by atoms with Gasteiger partial charge in [-0.15, -0.1) is 0 Å². The molecule has 1 rings (SSSR count). The monoisotopic (exact) mass is 262 g/mol. The lowest BCUT2D eigenvalue weighted by atomic mass is 10.1. The van der Waals surface area contributed by atoms with Crippen LogP contribution < -0.4 is 11.3 Å². The van der Waals surface area contributed by atoms with E-state index in [1.54, 1.807) is 0 Å². The van der Waals surface area contributed by atoms with Gasteiger partial charge in [0.1, 0.15) is 0 Å². The summed E-state index contributed by atoms with van der Waals surface area (Å²) < 4.78 is 1.03. The Balaban J connectivity index is 3.03. The summed E-state index contributed by atoms with van der Waals surface area (Å²) >= 11 is 9.34. The number of nitrogens with two attached hydrogens (primary N) is 1. The molecule has 0 aliphatic heterocycles. The van der Waals surface area contributed by atoms with E-state index in [0.717, 1.165) is 21.5 Å². The zero-order valence-corrected chi connectivity index (χ0v) is 9.69. The van der Waals surface area contributed by atoms with Crippen molar-refractivity contribution in [2.24, 2.45) is 5.84 Å². The second kappa shape index (κ2) is 4.96. The molecule has 3 N–H and O–H groups in total. The van der Waals surface area contributed by atoms with E-state index in [4.69, 9.17) is 17.4 Å². The van der Waals surface area contributed by atoms with Crippen LogP contribution in [0.15, 0.2) is 22.7 Å². The van der Waals surface area contributed by atoms with Crippen molar-refractivity contribution in [2.45, 2.75) is 19.4 Å². The van der Waals surface area contributed by atoms with Crippen LogP contribution in [0.5, 0.6) is 0 Å². The molecule has 13 heavy (non-hydrogen) atoms. The van der Waals surface area contributed by atoms with Crippen molar-refractivity contribution in [3.8, 4) is 0 Å². The van der Waals surface area contributed by atoms with E-state index in [-0.39, 0.29) is 6.04 Å². The Bertz CT molecular complexity index is 287. The van der Waals surface area contributed by atoms with Crippen molar-refractivity contribution >= 4 is 27.5 Å². The maximum atomic E-state index is 5.89. The van der Waals surface area contributed by atoms with Gasteiger partial charge >= 0.3 is 0 Å². The van der Waals surface area contributed by atoms with Gasteiger partial charge in [0.05, 0.1) is 0 Å². The Hall–Kier alpha value is -0.0900. The Kier molecular flexibility index (Phi) is 4.19. The molecule has 72 valence electrons. The van der Waals surface area contributed by atoms with E-state index in [2.05, 4.69) is 28.3 Å². The molecule has 0 heterocycles. The molecule has 2 nitrogen and oxygen atoms in total. The number of benzene rings is 1. The summed E-state index contributed by atoms with van der Waals surface area (Å²) in [6.45, 7) is 2.07. The average molecular weight is 264 g/mol. The first-order chi connectivity index (χ1) is 6.19. The zero-order chi connectivity index (χ0) is 9.84. The lowest BCUT2D eigenvalue weighted by Crippen LogP contribution is -2.27. The Morgan fingerprint density at radius 1 is 1.62 bits per heavy atom. The number of hydrogen-bond donors (Lipinski definition) is 2. The highest BCUT2D eigenvalue weighted by Gasteiger charge is 2.10. The highest BCUT2D eigenvalue weighted by molar-refractivity contribution is 9.10. The average Bonchev–Trinajstić information content (AvgIpc) is 2.13. The molecule has 0 bridgehead atoms. The molecule has 4 heteroatoms. The molecule has 0 saturated heterocycles. The fourth-order valence-electron chi connectivity index (χ4n) is 1.21. The van der Waals surface area contributed by atoms with Crippen molar-refractivity contribution in [1.82, 2.24) is 5.43 Å². The van der Waals surface area contributed by atoms with Crippen LogP contribution in [-0.2, 0) is 0 Å². The van der Waals surface area contributed by atoms with E-state index in [9.17, 15) is 0 Å². The van der Waals surface area contributed by atoms with Gasteiger partial charge in [-0.3, -0.25) is 11.3 Å². The molecule has 0 spiro atoms. The summed E-state index contributed by atoms with van der Waals surface area (Å²) in [7, 11) is 0. The number of hydrazine groups is 1. The topological polar surface area (TPSA) is 38.0 Å². The van der Waals surface area contributed by atoms with Crippen molar-refractivity contribution < 1.29 is 0 Å². The van der Waals surface area contributed by atoms with Gasteiger partial charge in [0.25, 0.3) is 0 Å². The van der Waals surface area contributed by atoms with Gasteiger partial charge in [0.15, 0.2) is 0 Å². The molecule has 0 fully saturated rings. The highest BCUT2D eigenvalue weighted by atomic mass is 79.9. The number of nitrogens with one attached hydrogen (secondary N) is 1. The smallest absolute Gasteiger partial charge is 0.0469 e. The van der Waals surface area contributed by atoms with E-state index >= 15 is 0 Å². The minimum absolute atomic E-state index is 0.146. The molecule has 0 aliphatic carbocycles. The molecule has 0 amide bonds. The fraction of sp³-hybridized carbons (Fsp3) is 0.333. The lowest BCUT2D eigenvalue weighted by Gasteiger charge is -2.15. The molecule has 0 aromatic heterocycles. The fourth-order valence-corrected chi connectivity index (χ4v) is 1.91. The molecular formula is C9H12BrClN2. The highest BCUT2D eigenvalue weighted by Crippen LogP contribution is 2.27. The predicted octanol–water partition coefficient (Wildman–Crippen LogP) is 3.02. The number of halogens is 2. The van der Waals surface area contributed by atoms with E-state index < -0.39 is 0 Å². The van der Waals surface area contributed by atoms with Crippen LogP contribution in [0.1, 0.15) is 24.9 Å². The largest absolute Gasteiger partial charge is 0.271 e. The van der Waals surface area contributed by atoms with Gasteiger partial charge in [-0.05, 0) is 30.2 Å². The van der Waals surface area contributed by atoms with Crippen LogP contribution >= 0.6 is 27.5 Å². The molecule has 1 atom stereocenters. The molecule has 0 aliphatic rings. The van der Waals surface area contributed by atoms with Gasteiger partial charge in [-0.2, -0.15) is 0 Å². The Morgan fingerprint density at radius 2 is 2.31 bits per heavy atom. The molecule has 0 radical (unpaired) electrons. The summed E-state index contributed by atoms with van der Waals surface area (Å²) in [5.74, 6) is 5.42. The maximum absolute atomic E-state index is 5.89. The molecule has 1 aromatic rings. The van der Waals surface area contributed by atoms with Crippen LogP contribution in [0, 0.1) is 0 Å². The zero-order valence-electron chi connectivity index (χ0n) is 7.35. The Labute approximate surface area is 91.6 Å². The first-order valence-corrected chi connectivity index (χ1v) is 5.27. The van der Waals surface area contributed by atoms with Crippen LogP contribution in [0.25, 0.3) is 0 Å². The van der Waals surface area contributed by atoms with Gasteiger partial charge in [-0.1, -0.05) is 34.5 Å². The van der Waals surface area contributed by atoms with Gasteiger partial charge < -0.3 is 0 Å². The standard InChI is InChI=1S/C9H12BrClN2/c1-2-9(13-12)7-5-6(11)3-4-8(7)10/h3-5,9,13H,2,12H2,1H3. The van der Waals surface area contributed by atoms with Crippen molar-refractivity contribution in [2.75, 3.05) is 0 Å². The van der Waals surface area contributed by atoms with Crippen LogP contribution in [0.4, 0.5) is 0 Å². The predicted molar refractivity (Wildman–Crippen MR) is 59.5 cm³/mol. The third-order valence-corrected chi connectivity index (χ3v) is 2.90. The summed E-state index contributed by atoms with van der Waals surface area (Å²) in [4.78, 5) is 0. The maximum Gasteiger partial charge on any atom is 0.0469 e. The quantitative estimate of drug-likeness (QED) is 0.650. The lowest BCUT2D eigenvalue weighted by molar-refractivity contribution is 0.537. The second-order valence-electron chi connectivity index (χ2n) is 2.79. The minimum atomic E-state index is 0.146. The van der Waals surface area contributed by atoms with Gasteiger partial charge in [0.2, 0.25) is 0 Å². The van der Waals surface area contributed by atoms with E-state index in [1.165, 1.54) is 0 Å². The molecule has 1 unspecified atom stereocenters. The van der Waals surface area contributed by atoms with E-state index in [0.29, 0.717) is 0 Å². The summed E-state index contributed by atoms with van der Waals surface area (Å²) in [5, 5.41) is 0.729. The van der Waals surface area contributed by atoms with Crippen LogP contribution in [0.3, 0.4) is 0 Å². The normalized spacial score (nSPS) is 12.9.